The van der Waals surface area contributed by atoms with Gasteiger partial charge in [0.2, 0.25) is 11.8 Å². The van der Waals surface area contributed by atoms with E-state index in [9.17, 15) is 14.4 Å². The molecule has 0 spiro atoms. The second kappa shape index (κ2) is 13.7. The Morgan fingerprint density at radius 2 is 1.74 bits per heavy atom. The quantitative estimate of drug-likeness (QED) is 0.295. The van der Waals surface area contributed by atoms with E-state index in [4.69, 9.17) is 23.8 Å². The number of piperidine rings is 1. The second-order valence-corrected chi connectivity index (χ2v) is 12.5. The van der Waals surface area contributed by atoms with Crippen molar-refractivity contribution in [3.63, 3.8) is 0 Å². The lowest BCUT2D eigenvalue weighted by atomic mass is 9.92. The molecule has 2 saturated heterocycles. The molecule has 3 aromatic rings. The number of likely N-dealkylation sites (tertiary alicyclic amines) is 1. The maximum Gasteiger partial charge on any atom is 0.322 e. The Bertz CT molecular complexity index is 1640. The van der Waals surface area contributed by atoms with Crippen molar-refractivity contribution >= 4 is 46.5 Å². The Hall–Kier alpha value is -4.75. The highest BCUT2D eigenvalue weighted by atomic mass is 35.5. The zero-order valence-electron chi connectivity index (χ0n) is 25.7. The lowest BCUT2D eigenvalue weighted by molar-refractivity contribution is -0.142. The average Bonchev–Trinajstić information content (AvgIpc) is 3.09. The third kappa shape index (κ3) is 6.75. The molecule has 11 heteroatoms. The van der Waals surface area contributed by atoms with Crippen molar-refractivity contribution in [1.82, 2.24) is 19.7 Å². The average molecular weight is 640 g/mol. The van der Waals surface area contributed by atoms with Gasteiger partial charge in [0.25, 0.3) is 0 Å². The van der Waals surface area contributed by atoms with Crippen LogP contribution in [0.15, 0.2) is 60.9 Å². The first-order valence-corrected chi connectivity index (χ1v) is 16.1. The largest absolute Gasteiger partial charge is 0.397 e. The van der Waals surface area contributed by atoms with Crippen molar-refractivity contribution in [2.24, 2.45) is 5.92 Å². The molecule has 0 aliphatic carbocycles. The van der Waals surface area contributed by atoms with Gasteiger partial charge in [0.05, 0.1) is 16.6 Å². The number of hydrogen-bond acceptors (Lipinski definition) is 6. The van der Waals surface area contributed by atoms with Gasteiger partial charge in [0.1, 0.15) is 0 Å². The van der Waals surface area contributed by atoms with E-state index in [-0.39, 0.29) is 30.3 Å². The van der Waals surface area contributed by atoms with E-state index < -0.39 is 5.92 Å². The molecule has 46 heavy (non-hydrogen) atoms. The zero-order valence-corrected chi connectivity index (χ0v) is 26.5. The number of pyridine rings is 1. The Morgan fingerprint density at radius 1 is 1.02 bits per heavy atom. The molecule has 10 nitrogen and oxygen atoms in total. The number of carbonyl (C=O) groups is 3. The Labute approximate surface area is 274 Å². The maximum atomic E-state index is 14.0. The molecule has 4 amide bonds. The first-order valence-electron chi connectivity index (χ1n) is 15.7. The predicted octanol–water partition coefficient (Wildman–Crippen LogP) is 4.23. The topological polar surface area (TPSA) is 115 Å². The van der Waals surface area contributed by atoms with Crippen molar-refractivity contribution in [2.45, 2.75) is 38.3 Å². The summed E-state index contributed by atoms with van der Waals surface area (Å²) in [5, 5.41) is 3.32. The molecule has 0 bridgehead atoms. The number of nitrogens with two attached hydrogens (primary N) is 1. The lowest BCUT2D eigenvalue weighted by Gasteiger charge is -2.41. The normalized spacial score (nSPS) is 17.6. The van der Waals surface area contributed by atoms with E-state index in [1.807, 2.05) is 51.1 Å². The lowest BCUT2D eigenvalue weighted by Crippen LogP contribution is -2.52. The zero-order chi connectivity index (χ0) is 32.2. The number of rotatable bonds is 7. The minimum atomic E-state index is -0.590. The van der Waals surface area contributed by atoms with Crippen molar-refractivity contribution in [3.8, 4) is 12.3 Å². The van der Waals surface area contributed by atoms with Gasteiger partial charge in [-0.15, -0.1) is 6.42 Å². The molecule has 3 N–H and O–H groups in total. The summed E-state index contributed by atoms with van der Waals surface area (Å²) in [5.74, 6) is 1.85. The molecule has 2 fully saturated rings. The number of amides is 4. The van der Waals surface area contributed by atoms with Crippen LogP contribution in [0.4, 0.5) is 21.9 Å². The number of nitrogen functional groups attached to an aromatic ring is 1. The third-order valence-electron chi connectivity index (χ3n) is 9.33. The fourth-order valence-corrected chi connectivity index (χ4v) is 6.97. The van der Waals surface area contributed by atoms with Crippen LogP contribution in [0.5, 0.6) is 0 Å². The van der Waals surface area contributed by atoms with Crippen molar-refractivity contribution in [3.05, 3.63) is 82.6 Å². The van der Waals surface area contributed by atoms with Gasteiger partial charge < -0.3 is 30.7 Å². The summed E-state index contributed by atoms with van der Waals surface area (Å²) in [7, 11) is 0. The van der Waals surface area contributed by atoms with Gasteiger partial charge in [-0.05, 0) is 60.7 Å². The maximum absolute atomic E-state index is 14.0. The molecule has 3 aliphatic rings. The Morgan fingerprint density at radius 3 is 2.46 bits per heavy atom. The van der Waals surface area contributed by atoms with Crippen LogP contribution in [-0.2, 0) is 22.6 Å². The molecule has 1 aromatic heterocycles. The van der Waals surface area contributed by atoms with Crippen LogP contribution in [0.25, 0.3) is 0 Å². The van der Waals surface area contributed by atoms with Crippen LogP contribution in [0.3, 0.4) is 0 Å². The molecule has 3 aliphatic heterocycles. The van der Waals surface area contributed by atoms with Gasteiger partial charge in [-0.25, -0.2) is 4.79 Å². The van der Waals surface area contributed by atoms with Crippen LogP contribution in [0.1, 0.15) is 36.0 Å². The number of terminal acetylenes is 1. The van der Waals surface area contributed by atoms with Crippen molar-refractivity contribution in [2.75, 3.05) is 55.2 Å². The van der Waals surface area contributed by atoms with Crippen LogP contribution < -0.4 is 16.0 Å². The standard InChI is InChI=1S/C35H38ClN7O3/c1-2-25-19-24(21-30(36)33(25)37)20-27(34(45)42-17-15-40(16-18-42)28-7-11-38-12-8-28)22-32(44)41-13-9-29(10-14-41)43-23-26-5-3-4-6-31(26)39-35(43)46/h1,3-8,11-12,19,21,27,29H,9-10,13-18,20,22-23,37H2,(H,39,46)/t27-/m0/s1. The van der Waals surface area contributed by atoms with Gasteiger partial charge in [0, 0.05) is 87.6 Å². The fourth-order valence-electron chi connectivity index (χ4n) is 6.72. The second-order valence-electron chi connectivity index (χ2n) is 12.1. The van der Waals surface area contributed by atoms with Gasteiger partial charge >= 0.3 is 6.03 Å². The summed E-state index contributed by atoms with van der Waals surface area (Å²) in [6.07, 6.45) is 10.9. The highest BCUT2D eigenvalue weighted by Crippen LogP contribution is 2.30. The monoisotopic (exact) mass is 639 g/mol. The minimum absolute atomic E-state index is 0.0330. The van der Waals surface area contributed by atoms with Gasteiger partial charge in [-0.1, -0.05) is 35.7 Å². The summed E-state index contributed by atoms with van der Waals surface area (Å²) in [5.41, 5.74) is 10.6. The minimum Gasteiger partial charge on any atom is -0.397 e. The van der Waals surface area contributed by atoms with E-state index in [2.05, 4.69) is 21.1 Å². The van der Waals surface area contributed by atoms with Gasteiger partial charge in [-0.2, -0.15) is 0 Å². The SMILES string of the molecule is C#Cc1cc(C[C@@H](CC(=O)N2CCC(N3Cc4ccccc4NC3=O)CC2)C(=O)N2CCN(c3ccncc3)CC2)cc(Cl)c1N. The van der Waals surface area contributed by atoms with Crippen molar-refractivity contribution < 1.29 is 14.4 Å². The Balaban J connectivity index is 1.12. The number of nitrogens with one attached hydrogen (secondary N) is 1. The number of fused-ring (bicyclic) bond motifs is 1. The summed E-state index contributed by atoms with van der Waals surface area (Å²) < 4.78 is 0. The van der Waals surface area contributed by atoms with E-state index >= 15 is 0 Å². The van der Waals surface area contributed by atoms with Crippen LogP contribution in [-0.4, -0.2) is 82.8 Å². The molecular weight excluding hydrogens is 602 g/mol. The van der Waals surface area contributed by atoms with Crippen molar-refractivity contribution in [1.29, 1.82) is 0 Å². The number of aromatic nitrogens is 1. The molecule has 1 atom stereocenters. The molecule has 238 valence electrons. The first kappa shape index (κ1) is 31.2. The number of carbonyl (C=O) groups excluding carboxylic acids is 3. The van der Waals surface area contributed by atoms with E-state index in [1.165, 1.54) is 0 Å². The van der Waals surface area contributed by atoms with Gasteiger partial charge in [-0.3, -0.25) is 14.6 Å². The number of nitrogens with zero attached hydrogens (tertiary/aromatic N) is 5. The Kier molecular flexibility index (Phi) is 9.31. The number of benzene rings is 2. The number of hydrogen-bond donors (Lipinski definition) is 2. The number of piperazine rings is 1. The van der Waals surface area contributed by atoms with E-state index in [1.54, 1.807) is 24.5 Å². The highest BCUT2D eigenvalue weighted by Gasteiger charge is 2.35. The summed E-state index contributed by atoms with van der Waals surface area (Å²) in [6.45, 7) is 4.08. The molecular formula is C35H38ClN7O3. The molecule has 6 rings (SSSR count). The third-order valence-corrected chi connectivity index (χ3v) is 9.65. The number of anilines is 3. The predicted molar refractivity (Wildman–Crippen MR) is 179 cm³/mol. The molecule has 0 radical (unpaired) electrons. The fraction of sp³-hybridized carbons (Fsp3) is 0.371. The molecule has 0 saturated carbocycles. The number of urea groups is 1. The van der Waals surface area contributed by atoms with Crippen LogP contribution >= 0.6 is 11.6 Å². The van der Waals surface area contributed by atoms with Gasteiger partial charge in [0.15, 0.2) is 0 Å². The smallest absolute Gasteiger partial charge is 0.322 e. The summed E-state index contributed by atoms with van der Waals surface area (Å²) >= 11 is 6.39. The highest BCUT2D eigenvalue weighted by molar-refractivity contribution is 6.33. The molecule has 2 aromatic carbocycles. The molecule has 0 unspecified atom stereocenters. The number of para-hydroxylation sites is 1. The van der Waals surface area contributed by atoms with Crippen LogP contribution in [0, 0.1) is 18.3 Å². The van der Waals surface area contributed by atoms with Crippen LogP contribution in [0.2, 0.25) is 5.02 Å². The summed E-state index contributed by atoms with van der Waals surface area (Å²) in [6, 6.07) is 15.2. The first-order chi connectivity index (χ1) is 22.3. The summed E-state index contributed by atoms with van der Waals surface area (Å²) in [4.78, 5) is 52.5. The van der Waals surface area contributed by atoms with E-state index in [0.717, 1.165) is 22.5 Å². The molecule has 4 heterocycles. The number of halogens is 1. The van der Waals surface area contributed by atoms with E-state index in [0.29, 0.717) is 81.3 Å².